The van der Waals surface area contributed by atoms with Gasteiger partial charge in [0.2, 0.25) is 0 Å². The van der Waals surface area contributed by atoms with Crippen LogP contribution in [0.25, 0.3) is 0 Å². The minimum Gasteiger partial charge on any atom is -0.487 e. The van der Waals surface area contributed by atoms with E-state index in [2.05, 4.69) is 25.7 Å². The lowest BCUT2D eigenvalue weighted by atomic mass is 10.2. The van der Waals surface area contributed by atoms with Crippen molar-refractivity contribution in [1.29, 1.82) is 0 Å². The average Bonchev–Trinajstić information content (AvgIpc) is 2.45. The standard InChI is InChI=1S/C14H11BrF3NO2/c15-7-11-3-6-13(8-19-11)20-9-10-1-4-12(5-2-10)21-14(16,17)18/h1-6,8H,7,9H2. The molecule has 3 nitrogen and oxygen atoms in total. The van der Waals surface area contributed by atoms with Crippen LogP contribution in [0.5, 0.6) is 11.5 Å². The summed E-state index contributed by atoms with van der Waals surface area (Å²) in [5, 5.41) is 0.661. The van der Waals surface area contributed by atoms with Crippen LogP contribution in [0, 0.1) is 0 Å². The number of pyridine rings is 1. The highest BCUT2D eigenvalue weighted by Gasteiger charge is 2.30. The van der Waals surface area contributed by atoms with Gasteiger partial charge in [0.05, 0.1) is 11.9 Å². The zero-order valence-corrected chi connectivity index (χ0v) is 12.3. The molecule has 112 valence electrons. The van der Waals surface area contributed by atoms with Crippen molar-refractivity contribution in [2.24, 2.45) is 0 Å². The summed E-state index contributed by atoms with van der Waals surface area (Å²) in [6, 6.07) is 9.13. The molecule has 0 aliphatic carbocycles. The number of alkyl halides is 4. The van der Waals surface area contributed by atoms with E-state index in [1.54, 1.807) is 12.3 Å². The summed E-state index contributed by atoms with van der Waals surface area (Å²) in [6.45, 7) is 0.238. The molecule has 0 saturated heterocycles. The molecule has 0 unspecified atom stereocenters. The van der Waals surface area contributed by atoms with Crippen LogP contribution >= 0.6 is 15.9 Å². The van der Waals surface area contributed by atoms with Gasteiger partial charge in [0.25, 0.3) is 0 Å². The Hall–Kier alpha value is -1.76. The van der Waals surface area contributed by atoms with Crippen molar-refractivity contribution in [3.63, 3.8) is 0 Å². The van der Waals surface area contributed by atoms with Crippen LogP contribution in [0.15, 0.2) is 42.6 Å². The van der Waals surface area contributed by atoms with Crippen LogP contribution in [0.1, 0.15) is 11.3 Å². The zero-order chi connectivity index (χ0) is 15.3. The van der Waals surface area contributed by atoms with Gasteiger partial charge in [-0.15, -0.1) is 13.2 Å². The highest BCUT2D eigenvalue weighted by Crippen LogP contribution is 2.23. The Labute approximate surface area is 127 Å². The molecule has 0 saturated carbocycles. The second kappa shape index (κ2) is 6.80. The summed E-state index contributed by atoms with van der Waals surface area (Å²) >= 11 is 3.29. The molecular formula is C14H11BrF3NO2. The number of nitrogens with zero attached hydrogens (tertiary/aromatic N) is 1. The minimum atomic E-state index is -4.68. The summed E-state index contributed by atoms with van der Waals surface area (Å²) in [5.41, 5.74) is 1.62. The van der Waals surface area contributed by atoms with Gasteiger partial charge in [0.15, 0.2) is 0 Å². The number of rotatable bonds is 5. The Morgan fingerprint density at radius 1 is 1.00 bits per heavy atom. The summed E-state index contributed by atoms with van der Waals surface area (Å²) in [7, 11) is 0. The van der Waals surface area contributed by atoms with E-state index in [0.717, 1.165) is 11.3 Å². The number of hydrogen-bond acceptors (Lipinski definition) is 3. The predicted molar refractivity (Wildman–Crippen MR) is 74.3 cm³/mol. The molecule has 0 radical (unpaired) electrons. The maximum Gasteiger partial charge on any atom is 0.573 e. The number of benzene rings is 1. The monoisotopic (exact) mass is 361 g/mol. The molecule has 0 amide bonds. The summed E-state index contributed by atoms with van der Waals surface area (Å²) in [4.78, 5) is 4.15. The number of halogens is 4. The van der Waals surface area contributed by atoms with Crippen LogP contribution in [0.2, 0.25) is 0 Å². The third-order valence-electron chi connectivity index (χ3n) is 2.50. The summed E-state index contributed by atoms with van der Waals surface area (Å²) in [6.07, 6.45) is -3.08. The Morgan fingerprint density at radius 3 is 2.19 bits per heavy atom. The van der Waals surface area contributed by atoms with E-state index in [9.17, 15) is 13.2 Å². The topological polar surface area (TPSA) is 31.4 Å². The first-order valence-corrected chi connectivity index (χ1v) is 7.07. The van der Waals surface area contributed by atoms with Crippen molar-refractivity contribution in [3.05, 3.63) is 53.9 Å². The molecule has 0 aliphatic heterocycles. The number of ether oxygens (including phenoxy) is 2. The van der Waals surface area contributed by atoms with Crippen LogP contribution in [-0.2, 0) is 11.9 Å². The van der Waals surface area contributed by atoms with Crippen molar-refractivity contribution >= 4 is 15.9 Å². The van der Waals surface area contributed by atoms with Crippen molar-refractivity contribution in [3.8, 4) is 11.5 Å². The predicted octanol–water partition coefficient (Wildman–Crippen LogP) is 4.45. The summed E-state index contributed by atoms with van der Waals surface area (Å²) < 4.78 is 45.3. The van der Waals surface area contributed by atoms with Crippen LogP contribution in [0.3, 0.4) is 0 Å². The minimum absolute atomic E-state index is 0.238. The first kappa shape index (κ1) is 15.6. The molecule has 0 fully saturated rings. The van der Waals surface area contributed by atoms with E-state index in [-0.39, 0.29) is 12.4 Å². The van der Waals surface area contributed by atoms with E-state index in [0.29, 0.717) is 11.1 Å². The van der Waals surface area contributed by atoms with Crippen molar-refractivity contribution in [1.82, 2.24) is 4.98 Å². The first-order valence-electron chi connectivity index (χ1n) is 5.94. The normalized spacial score (nSPS) is 11.2. The van der Waals surface area contributed by atoms with Gasteiger partial charge in [-0.2, -0.15) is 0 Å². The SMILES string of the molecule is FC(F)(F)Oc1ccc(COc2ccc(CBr)nc2)cc1. The molecule has 2 aromatic rings. The van der Waals surface area contributed by atoms with E-state index >= 15 is 0 Å². The molecule has 0 aliphatic rings. The second-order valence-electron chi connectivity index (χ2n) is 4.10. The Bertz CT molecular complexity index is 570. The molecule has 0 N–H and O–H groups in total. The molecule has 2 rings (SSSR count). The maximum absolute atomic E-state index is 12.0. The van der Waals surface area contributed by atoms with Crippen LogP contribution < -0.4 is 9.47 Å². The van der Waals surface area contributed by atoms with Crippen molar-refractivity contribution in [2.45, 2.75) is 18.3 Å². The fraction of sp³-hybridized carbons (Fsp3) is 0.214. The van der Waals surface area contributed by atoms with Crippen molar-refractivity contribution in [2.75, 3.05) is 0 Å². The van der Waals surface area contributed by atoms with Gasteiger partial charge in [0, 0.05) is 5.33 Å². The van der Waals surface area contributed by atoms with E-state index in [4.69, 9.17) is 4.74 Å². The first-order chi connectivity index (χ1) is 9.96. The van der Waals surface area contributed by atoms with Gasteiger partial charge in [-0.1, -0.05) is 28.1 Å². The lowest BCUT2D eigenvalue weighted by Crippen LogP contribution is -2.17. The molecule has 0 bridgehead atoms. The highest BCUT2D eigenvalue weighted by atomic mass is 79.9. The third kappa shape index (κ3) is 5.26. The van der Waals surface area contributed by atoms with E-state index < -0.39 is 6.36 Å². The number of hydrogen-bond donors (Lipinski definition) is 0. The van der Waals surface area contributed by atoms with Gasteiger partial charge < -0.3 is 9.47 Å². The molecule has 1 aromatic heterocycles. The Balaban J connectivity index is 1.91. The molecule has 1 aromatic carbocycles. The molecule has 0 spiro atoms. The molecule has 21 heavy (non-hydrogen) atoms. The van der Waals surface area contributed by atoms with E-state index in [1.165, 1.54) is 24.3 Å². The van der Waals surface area contributed by atoms with Gasteiger partial charge in [-0.25, -0.2) is 0 Å². The fourth-order valence-electron chi connectivity index (χ4n) is 1.53. The van der Waals surface area contributed by atoms with Gasteiger partial charge in [-0.3, -0.25) is 4.98 Å². The second-order valence-corrected chi connectivity index (χ2v) is 4.66. The molecular weight excluding hydrogens is 351 g/mol. The molecule has 0 atom stereocenters. The highest BCUT2D eigenvalue weighted by molar-refractivity contribution is 9.08. The lowest BCUT2D eigenvalue weighted by molar-refractivity contribution is -0.274. The lowest BCUT2D eigenvalue weighted by Gasteiger charge is -2.10. The van der Waals surface area contributed by atoms with E-state index in [1.807, 2.05) is 6.07 Å². The maximum atomic E-state index is 12.0. The number of aromatic nitrogens is 1. The van der Waals surface area contributed by atoms with Gasteiger partial charge in [0.1, 0.15) is 18.1 Å². The van der Waals surface area contributed by atoms with Gasteiger partial charge >= 0.3 is 6.36 Å². The fourth-order valence-corrected chi connectivity index (χ4v) is 1.86. The third-order valence-corrected chi connectivity index (χ3v) is 3.07. The largest absolute Gasteiger partial charge is 0.573 e. The summed E-state index contributed by atoms with van der Waals surface area (Å²) in [5.74, 6) is 0.338. The van der Waals surface area contributed by atoms with Gasteiger partial charge in [-0.05, 0) is 29.8 Å². The Kier molecular flexibility index (Phi) is 5.06. The molecule has 7 heteroatoms. The molecule has 1 heterocycles. The average molecular weight is 362 g/mol. The smallest absolute Gasteiger partial charge is 0.487 e. The quantitative estimate of drug-likeness (QED) is 0.737. The zero-order valence-electron chi connectivity index (χ0n) is 10.7. The Morgan fingerprint density at radius 2 is 1.67 bits per heavy atom. The van der Waals surface area contributed by atoms with Crippen molar-refractivity contribution < 1.29 is 22.6 Å². The van der Waals surface area contributed by atoms with Crippen LogP contribution in [0.4, 0.5) is 13.2 Å². The van der Waals surface area contributed by atoms with Crippen LogP contribution in [-0.4, -0.2) is 11.3 Å².